The van der Waals surface area contributed by atoms with Crippen LogP contribution in [0.15, 0.2) is 24.3 Å². The highest BCUT2D eigenvalue weighted by Gasteiger charge is 2.25. The maximum absolute atomic E-state index is 12.3. The van der Waals surface area contributed by atoms with Crippen molar-refractivity contribution in [1.82, 2.24) is 5.32 Å². The Morgan fingerprint density at radius 3 is 2.70 bits per heavy atom. The summed E-state index contributed by atoms with van der Waals surface area (Å²) in [6, 6.07) is 5.75. The van der Waals surface area contributed by atoms with Crippen LogP contribution in [0.5, 0.6) is 5.75 Å². The van der Waals surface area contributed by atoms with E-state index in [1.165, 1.54) is 12.1 Å². The van der Waals surface area contributed by atoms with Crippen molar-refractivity contribution in [3.63, 3.8) is 0 Å². The lowest BCUT2D eigenvalue weighted by Crippen LogP contribution is -2.49. The molecule has 4 nitrogen and oxygen atoms in total. The van der Waals surface area contributed by atoms with Crippen molar-refractivity contribution < 1.29 is 18.3 Å². The van der Waals surface area contributed by atoms with Crippen molar-refractivity contribution in [2.75, 3.05) is 0 Å². The molecule has 2 atom stereocenters. The Morgan fingerprint density at radius 2 is 2.00 bits per heavy atom. The van der Waals surface area contributed by atoms with Gasteiger partial charge in [-0.15, -0.1) is 0 Å². The van der Waals surface area contributed by atoms with Crippen LogP contribution in [0.3, 0.4) is 0 Å². The summed E-state index contributed by atoms with van der Waals surface area (Å²) >= 11 is 0. The molecular formula is C14H18F2N2O2. The van der Waals surface area contributed by atoms with Crippen LogP contribution in [-0.4, -0.2) is 24.6 Å². The normalized spacial score (nSPS) is 22.6. The minimum atomic E-state index is -2.96. The zero-order valence-corrected chi connectivity index (χ0v) is 11.0. The van der Waals surface area contributed by atoms with Crippen LogP contribution in [0.25, 0.3) is 0 Å². The second kappa shape index (κ2) is 6.65. The molecule has 0 radical (unpaired) electrons. The largest absolute Gasteiger partial charge is 0.434 e. The third-order valence-electron chi connectivity index (χ3n) is 3.48. The highest BCUT2D eigenvalue weighted by Crippen LogP contribution is 2.22. The van der Waals surface area contributed by atoms with Crippen molar-refractivity contribution in [2.24, 2.45) is 5.73 Å². The minimum absolute atomic E-state index is 0.0871. The molecule has 0 bridgehead atoms. The fraction of sp³-hybridized carbons (Fsp3) is 0.500. The molecule has 1 fully saturated rings. The highest BCUT2D eigenvalue weighted by atomic mass is 19.3. The van der Waals surface area contributed by atoms with E-state index < -0.39 is 12.5 Å². The first-order valence-corrected chi connectivity index (χ1v) is 6.68. The van der Waals surface area contributed by atoms with Gasteiger partial charge in [0.25, 0.3) is 5.91 Å². The van der Waals surface area contributed by atoms with Gasteiger partial charge in [0.2, 0.25) is 0 Å². The van der Waals surface area contributed by atoms with Crippen molar-refractivity contribution in [3.05, 3.63) is 29.8 Å². The van der Waals surface area contributed by atoms with Crippen molar-refractivity contribution in [3.8, 4) is 5.75 Å². The van der Waals surface area contributed by atoms with Crippen LogP contribution in [0, 0.1) is 0 Å². The molecule has 0 saturated heterocycles. The third kappa shape index (κ3) is 3.66. The van der Waals surface area contributed by atoms with Gasteiger partial charge < -0.3 is 15.8 Å². The first-order chi connectivity index (χ1) is 9.58. The second-order valence-corrected chi connectivity index (χ2v) is 4.90. The van der Waals surface area contributed by atoms with E-state index in [0.29, 0.717) is 0 Å². The average molecular weight is 284 g/mol. The average Bonchev–Trinajstić information content (AvgIpc) is 2.41. The van der Waals surface area contributed by atoms with E-state index in [4.69, 9.17) is 5.73 Å². The molecule has 0 spiro atoms. The van der Waals surface area contributed by atoms with E-state index in [9.17, 15) is 13.6 Å². The molecule has 1 aromatic rings. The number of ether oxygens (including phenoxy) is 1. The third-order valence-corrected chi connectivity index (χ3v) is 3.48. The standard InChI is InChI=1S/C14H18F2N2O2/c15-14(16)20-12-8-4-1-5-9(12)13(19)18-11-7-3-2-6-10(11)17/h1,4-5,8,10-11,14H,2-3,6-7,17H2,(H,18,19). The number of hydrogen-bond donors (Lipinski definition) is 2. The van der Waals surface area contributed by atoms with Gasteiger partial charge in [0.15, 0.2) is 0 Å². The Labute approximate surface area is 116 Å². The van der Waals surface area contributed by atoms with Gasteiger partial charge in [-0.3, -0.25) is 4.79 Å². The maximum atomic E-state index is 12.3. The zero-order chi connectivity index (χ0) is 14.5. The molecule has 0 aromatic heterocycles. The van der Waals surface area contributed by atoms with Gasteiger partial charge in [-0.05, 0) is 25.0 Å². The predicted molar refractivity (Wildman–Crippen MR) is 70.8 cm³/mol. The van der Waals surface area contributed by atoms with E-state index in [2.05, 4.69) is 10.1 Å². The number of alkyl halides is 2. The molecule has 1 aromatic carbocycles. The Kier molecular flexibility index (Phi) is 4.89. The Hall–Kier alpha value is -1.69. The topological polar surface area (TPSA) is 64.3 Å². The molecule has 2 rings (SSSR count). The molecule has 110 valence electrons. The molecule has 20 heavy (non-hydrogen) atoms. The Morgan fingerprint density at radius 1 is 1.30 bits per heavy atom. The van der Waals surface area contributed by atoms with E-state index in [-0.39, 0.29) is 23.4 Å². The van der Waals surface area contributed by atoms with E-state index in [0.717, 1.165) is 25.7 Å². The number of amides is 1. The summed E-state index contributed by atoms with van der Waals surface area (Å²) in [5, 5.41) is 2.81. The second-order valence-electron chi connectivity index (χ2n) is 4.90. The van der Waals surface area contributed by atoms with Gasteiger partial charge in [-0.25, -0.2) is 0 Å². The van der Waals surface area contributed by atoms with Crippen LogP contribution in [0.4, 0.5) is 8.78 Å². The number of carbonyl (C=O) groups excluding carboxylic acids is 1. The number of nitrogens with one attached hydrogen (secondary N) is 1. The molecule has 3 N–H and O–H groups in total. The minimum Gasteiger partial charge on any atom is -0.434 e. The summed E-state index contributed by atoms with van der Waals surface area (Å²) in [6.07, 6.45) is 3.73. The maximum Gasteiger partial charge on any atom is 0.387 e. The van der Waals surface area contributed by atoms with Gasteiger partial charge in [-0.2, -0.15) is 8.78 Å². The van der Waals surface area contributed by atoms with Crippen molar-refractivity contribution in [1.29, 1.82) is 0 Å². The summed E-state index contributed by atoms with van der Waals surface area (Å²) in [6.45, 7) is -2.96. The molecule has 1 aliphatic carbocycles. The van der Waals surface area contributed by atoms with Gasteiger partial charge in [-0.1, -0.05) is 25.0 Å². The molecule has 0 aliphatic heterocycles. The summed E-state index contributed by atoms with van der Waals surface area (Å²) in [5.74, 6) is -0.548. The van der Waals surface area contributed by atoms with E-state index >= 15 is 0 Å². The van der Waals surface area contributed by atoms with Gasteiger partial charge in [0.1, 0.15) is 5.75 Å². The van der Waals surface area contributed by atoms with Crippen molar-refractivity contribution in [2.45, 2.75) is 44.4 Å². The summed E-state index contributed by atoms with van der Waals surface area (Å²) in [5.41, 5.74) is 6.06. The SMILES string of the molecule is NC1CCCCC1NC(=O)c1ccccc1OC(F)F. The first-order valence-electron chi connectivity index (χ1n) is 6.68. The van der Waals surface area contributed by atoms with Gasteiger partial charge in [0.05, 0.1) is 5.56 Å². The predicted octanol–water partition coefficient (Wildman–Crippen LogP) is 2.29. The number of benzene rings is 1. The van der Waals surface area contributed by atoms with Crippen LogP contribution in [0.2, 0.25) is 0 Å². The molecular weight excluding hydrogens is 266 g/mol. The number of hydrogen-bond acceptors (Lipinski definition) is 3. The van der Waals surface area contributed by atoms with Crippen LogP contribution in [0.1, 0.15) is 36.0 Å². The van der Waals surface area contributed by atoms with Gasteiger partial charge >= 0.3 is 6.61 Å². The van der Waals surface area contributed by atoms with Crippen LogP contribution in [-0.2, 0) is 0 Å². The van der Waals surface area contributed by atoms with E-state index in [1.54, 1.807) is 12.1 Å². The lowest BCUT2D eigenvalue weighted by atomic mass is 9.91. The van der Waals surface area contributed by atoms with E-state index in [1.807, 2.05) is 0 Å². The number of para-hydroxylation sites is 1. The summed E-state index contributed by atoms with van der Waals surface area (Å²) in [4.78, 5) is 12.2. The lowest BCUT2D eigenvalue weighted by Gasteiger charge is -2.29. The molecule has 1 saturated carbocycles. The summed E-state index contributed by atoms with van der Waals surface area (Å²) < 4.78 is 29.0. The fourth-order valence-electron chi connectivity index (χ4n) is 2.44. The molecule has 1 aliphatic rings. The lowest BCUT2D eigenvalue weighted by molar-refractivity contribution is -0.0501. The fourth-order valence-corrected chi connectivity index (χ4v) is 2.44. The highest BCUT2D eigenvalue weighted by molar-refractivity contribution is 5.97. The Balaban J connectivity index is 2.08. The molecule has 6 heteroatoms. The molecule has 1 amide bonds. The van der Waals surface area contributed by atoms with Gasteiger partial charge in [0, 0.05) is 12.1 Å². The number of halogens is 2. The number of rotatable bonds is 4. The smallest absolute Gasteiger partial charge is 0.387 e. The monoisotopic (exact) mass is 284 g/mol. The molecule has 2 unspecified atom stereocenters. The number of nitrogens with two attached hydrogens (primary N) is 1. The van der Waals surface area contributed by atoms with Crippen LogP contribution < -0.4 is 15.8 Å². The Bertz CT molecular complexity index is 468. The van der Waals surface area contributed by atoms with Crippen molar-refractivity contribution >= 4 is 5.91 Å². The molecule has 0 heterocycles. The summed E-state index contributed by atoms with van der Waals surface area (Å²) in [7, 11) is 0. The zero-order valence-electron chi connectivity index (χ0n) is 11.0. The quantitative estimate of drug-likeness (QED) is 0.891. The van der Waals surface area contributed by atoms with Crippen LogP contribution >= 0.6 is 0 Å². The first kappa shape index (κ1) is 14.7. The number of carbonyl (C=O) groups is 1.